The molecule has 1 aromatic carbocycles. The number of ketones is 1. The minimum Gasteiger partial charge on any atom is -0.506 e. The molecule has 0 atom stereocenters. The van der Waals surface area contributed by atoms with E-state index in [0.717, 1.165) is 37.0 Å². The van der Waals surface area contributed by atoms with E-state index >= 15 is 0 Å². The molecule has 0 aromatic heterocycles. The first-order valence-corrected chi connectivity index (χ1v) is 7.69. The van der Waals surface area contributed by atoms with Gasteiger partial charge < -0.3 is 10.8 Å². The number of benzene rings is 1. The highest BCUT2D eigenvalue weighted by Crippen LogP contribution is 2.61. The molecule has 0 radical (unpaired) electrons. The molecule has 3 N–H and O–H groups in total. The van der Waals surface area contributed by atoms with E-state index in [1.54, 1.807) is 18.2 Å². The molecule has 20 heavy (non-hydrogen) atoms. The number of Topliss-reactive ketones (excluding diaryl/α,β-unsaturated/α-hetero) is 1. The van der Waals surface area contributed by atoms with Crippen LogP contribution in [0, 0.1) is 23.2 Å². The van der Waals surface area contributed by atoms with Crippen LogP contribution in [0.15, 0.2) is 18.2 Å². The molecule has 0 aliphatic heterocycles. The summed E-state index contributed by atoms with van der Waals surface area (Å²) in [4.78, 5) is 13.0. The second-order valence-electron chi connectivity index (χ2n) is 7.30. The molecule has 0 unspecified atom stereocenters. The van der Waals surface area contributed by atoms with Gasteiger partial charge in [0.05, 0.1) is 5.69 Å². The summed E-state index contributed by atoms with van der Waals surface area (Å²) < 4.78 is 0. The van der Waals surface area contributed by atoms with Crippen LogP contribution in [0.2, 0.25) is 0 Å². The second-order valence-corrected chi connectivity index (χ2v) is 7.30. The number of nitrogens with two attached hydrogens (primary N) is 1. The van der Waals surface area contributed by atoms with E-state index in [4.69, 9.17) is 5.73 Å². The van der Waals surface area contributed by atoms with Crippen molar-refractivity contribution in [1.82, 2.24) is 0 Å². The molecule has 5 rings (SSSR count). The average molecular weight is 271 g/mol. The van der Waals surface area contributed by atoms with Crippen LogP contribution < -0.4 is 5.73 Å². The second kappa shape index (κ2) is 4.00. The van der Waals surface area contributed by atoms with Crippen LogP contribution in [-0.2, 0) is 0 Å². The van der Waals surface area contributed by atoms with Gasteiger partial charge in [-0.15, -0.1) is 0 Å². The van der Waals surface area contributed by atoms with Crippen molar-refractivity contribution in [2.24, 2.45) is 23.2 Å². The average Bonchev–Trinajstić information content (AvgIpc) is 2.39. The van der Waals surface area contributed by atoms with Crippen molar-refractivity contribution >= 4 is 11.5 Å². The highest BCUT2D eigenvalue weighted by molar-refractivity contribution is 6.01. The molecule has 4 aliphatic rings. The Balaban J connectivity index is 1.69. The van der Waals surface area contributed by atoms with Crippen LogP contribution in [0.25, 0.3) is 0 Å². The van der Waals surface area contributed by atoms with Gasteiger partial charge in [-0.25, -0.2) is 0 Å². The van der Waals surface area contributed by atoms with Crippen LogP contribution in [-0.4, -0.2) is 10.9 Å². The monoisotopic (exact) mass is 271 g/mol. The minimum atomic E-state index is -0.142. The van der Waals surface area contributed by atoms with Crippen molar-refractivity contribution < 1.29 is 9.90 Å². The predicted octanol–water partition coefficient (Wildman–Crippen LogP) is 3.37. The molecule has 0 heterocycles. The zero-order valence-electron chi connectivity index (χ0n) is 11.6. The number of phenols is 1. The van der Waals surface area contributed by atoms with E-state index in [-0.39, 0.29) is 16.9 Å². The number of carbonyl (C=O) groups is 1. The third-order valence-corrected chi connectivity index (χ3v) is 5.81. The lowest BCUT2D eigenvalue weighted by Gasteiger charge is -2.56. The fraction of sp³-hybridized carbons (Fsp3) is 0.588. The highest BCUT2D eigenvalue weighted by Gasteiger charge is 2.54. The Morgan fingerprint density at radius 2 is 1.65 bits per heavy atom. The molecular formula is C17H21NO2. The van der Waals surface area contributed by atoms with Gasteiger partial charge >= 0.3 is 0 Å². The van der Waals surface area contributed by atoms with Crippen LogP contribution in [0.1, 0.15) is 48.9 Å². The van der Waals surface area contributed by atoms with Gasteiger partial charge in [0.1, 0.15) is 5.75 Å². The van der Waals surface area contributed by atoms with Crippen LogP contribution in [0.3, 0.4) is 0 Å². The number of aromatic hydroxyl groups is 1. The molecule has 0 spiro atoms. The van der Waals surface area contributed by atoms with Crippen LogP contribution >= 0.6 is 0 Å². The summed E-state index contributed by atoms with van der Waals surface area (Å²) in [5.41, 5.74) is 6.47. The lowest BCUT2D eigenvalue weighted by Crippen LogP contribution is -2.50. The molecule has 0 saturated heterocycles. The van der Waals surface area contributed by atoms with Gasteiger partial charge in [0.2, 0.25) is 0 Å². The number of nitrogen functional groups attached to an aromatic ring is 1. The number of anilines is 1. The van der Waals surface area contributed by atoms with Gasteiger partial charge in [-0.2, -0.15) is 0 Å². The summed E-state index contributed by atoms with van der Waals surface area (Å²) in [6.07, 6.45) is 7.17. The van der Waals surface area contributed by atoms with Crippen molar-refractivity contribution in [1.29, 1.82) is 0 Å². The highest BCUT2D eigenvalue weighted by atomic mass is 16.3. The molecule has 1 aromatic rings. The van der Waals surface area contributed by atoms with Gasteiger partial charge in [-0.3, -0.25) is 4.79 Å². The number of hydrogen-bond acceptors (Lipinski definition) is 3. The van der Waals surface area contributed by atoms with Crippen LogP contribution in [0.4, 0.5) is 5.69 Å². The first-order valence-electron chi connectivity index (χ1n) is 7.69. The summed E-state index contributed by atoms with van der Waals surface area (Å²) in [7, 11) is 0. The maximum atomic E-state index is 13.0. The fourth-order valence-electron chi connectivity index (χ4n) is 5.38. The van der Waals surface area contributed by atoms with Crippen molar-refractivity contribution in [3.05, 3.63) is 23.8 Å². The minimum absolute atomic E-state index is 0.0283. The Hall–Kier alpha value is -1.51. The fourth-order valence-corrected chi connectivity index (χ4v) is 5.38. The SMILES string of the molecule is Nc1ccc(C(=O)C23CC4CC(CC(C4)C2)C3)cc1O. The third kappa shape index (κ3) is 1.68. The number of hydrogen-bond donors (Lipinski definition) is 2. The number of rotatable bonds is 2. The van der Waals surface area contributed by atoms with E-state index < -0.39 is 0 Å². The Kier molecular flexibility index (Phi) is 2.45. The molecule has 106 valence electrons. The smallest absolute Gasteiger partial charge is 0.169 e. The molecule has 3 heteroatoms. The van der Waals surface area contributed by atoms with Gasteiger partial charge in [0.15, 0.2) is 5.78 Å². The molecule has 4 aliphatic carbocycles. The first kappa shape index (κ1) is 12.2. The molecule has 4 saturated carbocycles. The lowest BCUT2D eigenvalue weighted by atomic mass is 9.48. The van der Waals surface area contributed by atoms with Gasteiger partial charge in [0.25, 0.3) is 0 Å². The Morgan fingerprint density at radius 3 is 2.15 bits per heavy atom. The van der Waals surface area contributed by atoms with Crippen LogP contribution in [0.5, 0.6) is 5.75 Å². The zero-order valence-corrected chi connectivity index (χ0v) is 11.6. The topological polar surface area (TPSA) is 63.3 Å². The zero-order chi connectivity index (χ0) is 13.9. The summed E-state index contributed by atoms with van der Waals surface area (Å²) in [6, 6.07) is 4.97. The van der Waals surface area contributed by atoms with E-state index in [0.29, 0.717) is 11.3 Å². The Labute approximate surface area is 119 Å². The molecule has 3 nitrogen and oxygen atoms in total. The standard InChI is InChI=1S/C17H21NO2/c18-14-2-1-13(6-15(14)19)16(20)17-7-10-3-11(8-17)5-12(4-10)9-17/h1-2,6,10-12,19H,3-5,7-9,18H2. The Bertz CT molecular complexity index is 543. The molecule has 4 fully saturated rings. The summed E-state index contributed by atoms with van der Waals surface area (Å²) in [5, 5.41) is 9.75. The van der Waals surface area contributed by atoms with Crippen molar-refractivity contribution in [3.63, 3.8) is 0 Å². The largest absolute Gasteiger partial charge is 0.506 e. The number of phenolic OH excluding ortho intramolecular Hbond substituents is 1. The molecule has 4 bridgehead atoms. The molecular weight excluding hydrogens is 250 g/mol. The summed E-state index contributed by atoms with van der Waals surface area (Å²) >= 11 is 0. The molecule has 0 amide bonds. The van der Waals surface area contributed by atoms with Gasteiger partial charge in [-0.1, -0.05) is 0 Å². The maximum absolute atomic E-state index is 13.0. The van der Waals surface area contributed by atoms with E-state index in [1.807, 2.05) is 0 Å². The van der Waals surface area contributed by atoms with Crippen molar-refractivity contribution in [2.45, 2.75) is 38.5 Å². The lowest BCUT2D eigenvalue weighted by molar-refractivity contribution is -0.0353. The number of carbonyl (C=O) groups excluding carboxylic acids is 1. The van der Waals surface area contributed by atoms with E-state index in [9.17, 15) is 9.90 Å². The van der Waals surface area contributed by atoms with Crippen molar-refractivity contribution in [3.8, 4) is 5.75 Å². The van der Waals surface area contributed by atoms with E-state index in [2.05, 4.69) is 0 Å². The van der Waals surface area contributed by atoms with Crippen molar-refractivity contribution in [2.75, 3.05) is 5.73 Å². The van der Waals surface area contributed by atoms with Gasteiger partial charge in [-0.05, 0) is 74.5 Å². The maximum Gasteiger partial charge on any atom is 0.169 e. The van der Waals surface area contributed by atoms with Gasteiger partial charge in [0, 0.05) is 11.0 Å². The predicted molar refractivity (Wildman–Crippen MR) is 77.5 cm³/mol. The quantitative estimate of drug-likeness (QED) is 0.492. The van der Waals surface area contributed by atoms with E-state index in [1.165, 1.54) is 19.3 Å². The summed E-state index contributed by atoms with van der Waals surface area (Å²) in [5.74, 6) is 2.54. The normalized spacial score (nSPS) is 38.1. The third-order valence-electron chi connectivity index (χ3n) is 5.81. The Morgan fingerprint density at radius 1 is 1.10 bits per heavy atom. The summed E-state index contributed by atoms with van der Waals surface area (Å²) in [6.45, 7) is 0. The first-order chi connectivity index (χ1) is 9.56.